The van der Waals surface area contributed by atoms with E-state index in [2.05, 4.69) is 10.3 Å². The number of hydrogen-bond donors (Lipinski definition) is 1. The molecule has 0 aliphatic rings. The van der Waals surface area contributed by atoms with Gasteiger partial charge in [0.2, 0.25) is 0 Å². The molecule has 70 valence electrons. The molecule has 2 rings (SSSR count). The van der Waals surface area contributed by atoms with Crippen LogP contribution in [0.25, 0.3) is 11.0 Å². The molecular formula is C7H7Cl2N3O. The van der Waals surface area contributed by atoms with E-state index >= 15 is 0 Å². The van der Waals surface area contributed by atoms with E-state index < -0.39 is 0 Å². The topological polar surface area (TPSA) is 50.9 Å². The molecular weight excluding hydrogens is 213 g/mol. The Kier molecular flexibility index (Phi) is 3.79. The van der Waals surface area contributed by atoms with Crippen LogP contribution in [0.1, 0.15) is 0 Å². The first kappa shape index (κ1) is 10.1. The number of hydrogen-bond acceptors (Lipinski definition) is 3. The quantitative estimate of drug-likeness (QED) is 0.546. The lowest BCUT2D eigenvalue weighted by Gasteiger charge is -1.85. The molecule has 0 fully saturated rings. The largest absolute Gasteiger partial charge is 0.410 e. The second-order valence-corrected chi connectivity index (χ2v) is 2.88. The van der Waals surface area contributed by atoms with Crippen molar-refractivity contribution in [2.24, 2.45) is 0 Å². The highest BCUT2D eigenvalue weighted by atomic mass is 35.5. The molecule has 0 spiro atoms. The second-order valence-electron chi connectivity index (χ2n) is 2.07. The van der Waals surface area contributed by atoms with Crippen LogP contribution < -0.4 is 0 Å². The van der Waals surface area contributed by atoms with Gasteiger partial charge in [-0.2, -0.15) is 0 Å². The van der Waals surface area contributed by atoms with E-state index in [-0.39, 0.29) is 5.34 Å². The summed E-state index contributed by atoms with van der Waals surface area (Å²) in [5.41, 5.74) is 1.33. The number of alkyl halides is 2. The number of benzene rings is 1. The number of aromatic nitrogens is 3. The minimum atomic E-state index is 0.194. The average molecular weight is 220 g/mol. The van der Waals surface area contributed by atoms with Crippen molar-refractivity contribution in [2.75, 3.05) is 5.34 Å². The number of rotatable bonds is 0. The maximum absolute atomic E-state index is 8.95. The predicted molar refractivity (Wildman–Crippen MR) is 51.3 cm³/mol. The van der Waals surface area contributed by atoms with Gasteiger partial charge in [0.1, 0.15) is 11.0 Å². The molecule has 0 saturated heterocycles. The van der Waals surface area contributed by atoms with Gasteiger partial charge in [-0.15, -0.1) is 28.3 Å². The van der Waals surface area contributed by atoms with Crippen LogP contribution in [-0.4, -0.2) is 25.7 Å². The van der Waals surface area contributed by atoms with Crippen molar-refractivity contribution >= 4 is 34.2 Å². The summed E-state index contributed by atoms with van der Waals surface area (Å²) in [5.74, 6) is 0. The monoisotopic (exact) mass is 219 g/mol. The van der Waals surface area contributed by atoms with E-state index in [4.69, 9.17) is 28.4 Å². The van der Waals surface area contributed by atoms with Gasteiger partial charge in [0.25, 0.3) is 0 Å². The molecule has 0 bridgehead atoms. The Morgan fingerprint density at radius 2 is 1.92 bits per heavy atom. The van der Waals surface area contributed by atoms with Gasteiger partial charge in [-0.1, -0.05) is 17.0 Å². The number of fused-ring (bicyclic) bond motifs is 1. The molecule has 0 saturated carbocycles. The molecule has 13 heavy (non-hydrogen) atoms. The van der Waals surface area contributed by atoms with E-state index in [1.54, 1.807) is 12.1 Å². The summed E-state index contributed by atoms with van der Waals surface area (Å²) < 4.78 is 0. The van der Waals surface area contributed by atoms with Crippen LogP contribution in [0, 0.1) is 0 Å². The van der Waals surface area contributed by atoms with Crippen molar-refractivity contribution in [1.82, 2.24) is 15.2 Å². The predicted octanol–water partition coefficient (Wildman–Crippen LogP) is 2.09. The summed E-state index contributed by atoms with van der Waals surface area (Å²) in [7, 11) is 0. The summed E-state index contributed by atoms with van der Waals surface area (Å²) in [6.07, 6.45) is 0. The Balaban J connectivity index is 0.000000251. The van der Waals surface area contributed by atoms with Crippen molar-refractivity contribution in [3.8, 4) is 0 Å². The first-order chi connectivity index (χ1) is 6.29. The maximum Gasteiger partial charge on any atom is 0.130 e. The van der Waals surface area contributed by atoms with Gasteiger partial charge in [0.05, 0.1) is 5.34 Å². The maximum atomic E-state index is 8.95. The normalized spacial score (nSPS) is 9.38. The highest BCUT2D eigenvalue weighted by Crippen LogP contribution is 2.06. The zero-order valence-electron chi connectivity index (χ0n) is 6.56. The lowest BCUT2D eigenvalue weighted by molar-refractivity contribution is 0.155. The first-order valence-electron chi connectivity index (χ1n) is 3.41. The van der Waals surface area contributed by atoms with E-state index in [9.17, 15) is 0 Å². The summed E-state index contributed by atoms with van der Waals surface area (Å²) in [5, 5.41) is 16.2. The van der Waals surface area contributed by atoms with E-state index in [0.717, 1.165) is 4.85 Å². The number of nitrogens with zero attached hydrogens (tertiary/aromatic N) is 3. The third-order valence-electron chi connectivity index (χ3n) is 1.33. The molecule has 0 unspecified atom stereocenters. The zero-order valence-corrected chi connectivity index (χ0v) is 8.07. The third-order valence-corrected chi connectivity index (χ3v) is 1.33. The fourth-order valence-corrected chi connectivity index (χ4v) is 0.857. The number of para-hydroxylation sites is 1. The average Bonchev–Trinajstić information content (AvgIpc) is 2.50. The summed E-state index contributed by atoms with van der Waals surface area (Å²) in [6, 6.07) is 7.19. The van der Waals surface area contributed by atoms with E-state index in [0.29, 0.717) is 11.0 Å². The smallest absolute Gasteiger partial charge is 0.130 e. The highest BCUT2D eigenvalue weighted by Gasteiger charge is 1.98. The van der Waals surface area contributed by atoms with Gasteiger partial charge >= 0.3 is 0 Å². The van der Waals surface area contributed by atoms with Crippen LogP contribution in [0.15, 0.2) is 24.3 Å². The molecule has 0 radical (unpaired) electrons. The Morgan fingerprint density at radius 3 is 2.54 bits per heavy atom. The van der Waals surface area contributed by atoms with E-state index in [1.165, 1.54) is 0 Å². The highest BCUT2D eigenvalue weighted by molar-refractivity contribution is 6.40. The van der Waals surface area contributed by atoms with Crippen LogP contribution in [0.2, 0.25) is 0 Å². The molecule has 1 heterocycles. The van der Waals surface area contributed by atoms with Crippen molar-refractivity contribution < 1.29 is 5.21 Å². The lowest BCUT2D eigenvalue weighted by atomic mass is 10.3. The van der Waals surface area contributed by atoms with Crippen molar-refractivity contribution in [3.63, 3.8) is 0 Å². The molecule has 0 aliphatic heterocycles. The molecule has 1 N–H and O–H groups in total. The standard InChI is InChI=1S/C6H5N3O.CH2Cl2/c10-9-6-4-2-1-3-5(6)7-8-9;2-1-3/h1-4,10H;1H2. The molecule has 0 atom stereocenters. The Hall–Kier alpha value is -1.00. The third kappa shape index (κ3) is 2.47. The second kappa shape index (κ2) is 4.89. The Bertz CT molecular complexity index is 377. The summed E-state index contributed by atoms with van der Waals surface area (Å²) >= 11 is 9.53. The van der Waals surface area contributed by atoms with E-state index in [1.807, 2.05) is 12.1 Å². The van der Waals surface area contributed by atoms with Crippen LogP contribution in [0.4, 0.5) is 0 Å². The minimum Gasteiger partial charge on any atom is -0.410 e. The van der Waals surface area contributed by atoms with Gasteiger partial charge in [-0.25, -0.2) is 0 Å². The molecule has 0 aliphatic carbocycles. The van der Waals surface area contributed by atoms with Crippen LogP contribution in [-0.2, 0) is 0 Å². The van der Waals surface area contributed by atoms with Gasteiger partial charge in [-0.3, -0.25) is 0 Å². The summed E-state index contributed by atoms with van der Waals surface area (Å²) in [4.78, 5) is 0.759. The van der Waals surface area contributed by atoms with Gasteiger partial charge in [-0.05, 0) is 17.3 Å². The Labute approximate surface area is 84.6 Å². The van der Waals surface area contributed by atoms with Crippen LogP contribution >= 0.6 is 23.2 Å². The van der Waals surface area contributed by atoms with Crippen molar-refractivity contribution in [2.45, 2.75) is 0 Å². The van der Waals surface area contributed by atoms with Crippen molar-refractivity contribution in [3.05, 3.63) is 24.3 Å². The molecule has 4 nitrogen and oxygen atoms in total. The minimum absolute atomic E-state index is 0.194. The SMILES string of the molecule is ClCCl.On1nnc2ccccc21. The summed E-state index contributed by atoms with van der Waals surface area (Å²) in [6.45, 7) is 0. The van der Waals surface area contributed by atoms with Gasteiger partial charge < -0.3 is 5.21 Å². The van der Waals surface area contributed by atoms with Crippen molar-refractivity contribution in [1.29, 1.82) is 0 Å². The molecule has 2 aromatic rings. The fourth-order valence-electron chi connectivity index (χ4n) is 0.857. The van der Waals surface area contributed by atoms with Crippen LogP contribution in [0.5, 0.6) is 0 Å². The van der Waals surface area contributed by atoms with Gasteiger partial charge in [0, 0.05) is 0 Å². The molecule has 0 amide bonds. The zero-order chi connectivity index (χ0) is 9.68. The van der Waals surface area contributed by atoms with Crippen LogP contribution in [0.3, 0.4) is 0 Å². The first-order valence-corrected chi connectivity index (χ1v) is 4.48. The Morgan fingerprint density at radius 1 is 1.31 bits per heavy atom. The van der Waals surface area contributed by atoms with Gasteiger partial charge in [0.15, 0.2) is 0 Å². The molecule has 1 aromatic heterocycles. The lowest BCUT2D eigenvalue weighted by Crippen LogP contribution is -1.90. The molecule has 6 heteroatoms. The number of halogens is 2. The molecule has 1 aromatic carbocycles. The fraction of sp³-hybridized carbons (Fsp3) is 0.143.